The summed E-state index contributed by atoms with van der Waals surface area (Å²) in [6.07, 6.45) is 1.67. The number of H-pyrrole nitrogens is 1. The first-order chi connectivity index (χ1) is 14.2. The molecule has 1 aromatic heterocycles. The molecule has 3 N–H and O–H groups in total. The van der Waals surface area contributed by atoms with E-state index in [4.69, 9.17) is 9.47 Å². The maximum absolute atomic E-state index is 12.2. The molecule has 0 saturated carbocycles. The van der Waals surface area contributed by atoms with Crippen molar-refractivity contribution in [1.29, 1.82) is 0 Å². The number of carbonyl (C=O) groups excluding carboxylic acids is 1. The second kappa shape index (κ2) is 10.1. The van der Waals surface area contributed by atoms with Gasteiger partial charge in [-0.05, 0) is 5.56 Å². The molecule has 1 heterocycles. The van der Waals surface area contributed by atoms with Gasteiger partial charge in [-0.25, -0.2) is 10.5 Å². The van der Waals surface area contributed by atoms with Crippen LogP contribution in [0, 0.1) is 0 Å². The molecule has 29 heavy (non-hydrogen) atoms. The fourth-order valence-electron chi connectivity index (χ4n) is 2.27. The predicted octanol–water partition coefficient (Wildman–Crippen LogP) is 3.00. The molecule has 0 saturated heterocycles. The molecule has 0 unspecified atom stereocenters. The number of ether oxygens (including phenoxy) is 2. The van der Waals surface area contributed by atoms with E-state index in [9.17, 15) is 4.79 Å². The van der Waals surface area contributed by atoms with Gasteiger partial charge in [-0.2, -0.15) is 10.1 Å². The van der Waals surface area contributed by atoms with Crippen LogP contribution in [0.1, 0.15) is 5.56 Å². The first-order valence-electron chi connectivity index (χ1n) is 8.58. The molecule has 150 valence electrons. The Hall–Kier alpha value is -3.53. The van der Waals surface area contributed by atoms with Crippen LogP contribution < -0.4 is 20.2 Å². The van der Waals surface area contributed by atoms with Gasteiger partial charge in [0.15, 0.2) is 0 Å². The lowest BCUT2D eigenvalue weighted by atomic mass is 10.2. The van der Waals surface area contributed by atoms with Crippen molar-refractivity contribution in [2.24, 2.45) is 5.10 Å². The number of amides is 1. The van der Waals surface area contributed by atoms with Gasteiger partial charge in [0.2, 0.25) is 17.0 Å². The summed E-state index contributed by atoms with van der Waals surface area (Å²) >= 11 is 1.20. The zero-order valence-electron chi connectivity index (χ0n) is 15.9. The molecule has 3 aromatic rings. The number of hydrogen-bond donors (Lipinski definition) is 3. The van der Waals surface area contributed by atoms with Crippen molar-refractivity contribution in [3.63, 3.8) is 0 Å². The van der Waals surface area contributed by atoms with E-state index in [1.807, 2.05) is 30.3 Å². The molecule has 0 radical (unpaired) electrons. The zero-order valence-corrected chi connectivity index (χ0v) is 16.7. The summed E-state index contributed by atoms with van der Waals surface area (Å²) < 4.78 is 10.4. The maximum Gasteiger partial charge on any atom is 0.240 e. The van der Waals surface area contributed by atoms with Crippen LogP contribution in [0.2, 0.25) is 0 Å². The van der Waals surface area contributed by atoms with Gasteiger partial charge >= 0.3 is 0 Å². The highest BCUT2D eigenvalue weighted by molar-refractivity contribution is 7.99. The van der Waals surface area contributed by atoms with Crippen molar-refractivity contribution in [3.05, 3.63) is 54.1 Å². The number of aromatic amines is 1. The standard InChI is InChI=1S/C19H20N6O3S/c1-27-15-8-14(9-16(10-15)28-2)21-17(26)12-29-19-22-18(24-25-19)23-20-11-13-6-4-3-5-7-13/h3-11H,12H2,1-2H3,(H,21,26)(H2,22,23,24,25)/b20-11-. The lowest BCUT2D eigenvalue weighted by Crippen LogP contribution is -2.14. The molecule has 1 amide bonds. The van der Waals surface area contributed by atoms with Crippen molar-refractivity contribution in [3.8, 4) is 11.5 Å². The number of benzene rings is 2. The molecule has 0 spiro atoms. The molecular weight excluding hydrogens is 392 g/mol. The summed E-state index contributed by atoms with van der Waals surface area (Å²) in [5.41, 5.74) is 4.31. The van der Waals surface area contributed by atoms with Gasteiger partial charge in [0.25, 0.3) is 0 Å². The Morgan fingerprint density at radius 1 is 1.17 bits per heavy atom. The third-order valence-corrected chi connectivity index (χ3v) is 4.46. The number of aromatic nitrogens is 3. The number of nitrogens with zero attached hydrogens (tertiary/aromatic N) is 3. The fraction of sp³-hybridized carbons (Fsp3) is 0.158. The Morgan fingerprint density at radius 2 is 1.90 bits per heavy atom. The van der Waals surface area contributed by atoms with E-state index in [1.54, 1.807) is 38.6 Å². The summed E-state index contributed by atoms with van der Waals surface area (Å²) in [5, 5.41) is 14.1. The maximum atomic E-state index is 12.2. The van der Waals surface area contributed by atoms with Crippen LogP contribution in [-0.2, 0) is 4.79 Å². The number of hydrogen-bond acceptors (Lipinski definition) is 8. The summed E-state index contributed by atoms with van der Waals surface area (Å²) in [6, 6.07) is 14.8. The Labute approximate surface area is 171 Å². The number of thioether (sulfide) groups is 1. The second-order valence-corrected chi connectivity index (χ2v) is 6.63. The quantitative estimate of drug-likeness (QED) is 0.281. The zero-order chi connectivity index (χ0) is 20.5. The highest BCUT2D eigenvalue weighted by Crippen LogP contribution is 2.26. The van der Waals surface area contributed by atoms with Crippen molar-refractivity contribution in [1.82, 2.24) is 15.2 Å². The molecule has 0 aliphatic carbocycles. The van der Waals surface area contributed by atoms with Gasteiger partial charge in [0.1, 0.15) is 11.5 Å². The highest BCUT2D eigenvalue weighted by Gasteiger charge is 2.09. The summed E-state index contributed by atoms with van der Waals surface area (Å²) in [5.74, 6) is 1.51. The van der Waals surface area contributed by atoms with Gasteiger partial charge < -0.3 is 14.8 Å². The van der Waals surface area contributed by atoms with Gasteiger partial charge in [0, 0.05) is 23.9 Å². The summed E-state index contributed by atoms with van der Waals surface area (Å²) in [4.78, 5) is 16.4. The van der Waals surface area contributed by atoms with Crippen molar-refractivity contribution < 1.29 is 14.3 Å². The van der Waals surface area contributed by atoms with Gasteiger partial charge in [-0.1, -0.05) is 42.1 Å². The largest absolute Gasteiger partial charge is 0.497 e. The van der Waals surface area contributed by atoms with Crippen molar-refractivity contribution in [2.45, 2.75) is 5.16 Å². The third kappa shape index (κ3) is 6.25. The van der Waals surface area contributed by atoms with Crippen LogP contribution in [0.5, 0.6) is 11.5 Å². The van der Waals surface area contributed by atoms with E-state index >= 15 is 0 Å². The number of nitrogens with one attached hydrogen (secondary N) is 3. The first kappa shape index (κ1) is 20.2. The lowest BCUT2D eigenvalue weighted by molar-refractivity contribution is -0.113. The third-order valence-electron chi connectivity index (χ3n) is 3.62. The molecule has 9 nitrogen and oxygen atoms in total. The molecular formula is C19H20N6O3S. The molecule has 0 fully saturated rings. The first-order valence-corrected chi connectivity index (χ1v) is 9.57. The second-order valence-electron chi connectivity index (χ2n) is 5.69. The van der Waals surface area contributed by atoms with Gasteiger partial charge in [-0.15, -0.1) is 5.10 Å². The van der Waals surface area contributed by atoms with E-state index < -0.39 is 0 Å². The molecule has 10 heteroatoms. The molecule has 0 bridgehead atoms. The van der Waals surface area contributed by atoms with Crippen LogP contribution in [0.3, 0.4) is 0 Å². The number of hydrazone groups is 1. The van der Waals surface area contributed by atoms with Gasteiger partial charge in [-0.3, -0.25) is 4.79 Å². The Kier molecular flexibility index (Phi) is 7.06. The Bertz CT molecular complexity index is 955. The van der Waals surface area contributed by atoms with Crippen LogP contribution in [0.25, 0.3) is 0 Å². The van der Waals surface area contributed by atoms with Crippen LogP contribution in [0.4, 0.5) is 11.6 Å². The SMILES string of the molecule is COc1cc(NC(=O)CSc2n[nH]c(N/N=C\c3ccccc3)n2)cc(OC)c1. The fourth-order valence-corrected chi connectivity index (χ4v) is 2.87. The summed E-state index contributed by atoms with van der Waals surface area (Å²) in [7, 11) is 3.10. The smallest absolute Gasteiger partial charge is 0.240 e. The van der Waals surface area contributed by atoms with E-state index in [1.165, 1.54) is 11.8 Å². The van der Waals surface area contributed by atoms with E-state index in [0.717, 1.165) is 5.56 Å². The lowest BCUT2D eigenvalue weighted by Gasteiger charge is -2.09. The number of rotatable bonds is 9. The van der Waals surface area contributed by atoms with Crippen molar-refractivity contribution in [2.75, 3.05) is 30.7 Å². The molecule has 0 aliphatic rings. The minimum absolute atomic E-state index is 0.143. The van der Waals surface area contributed by atoms with Crippen molar-refractivity contribution >= 4 is 35.5 Å². The van der Waals surface area contributed by atoms with E-state index in [-0.39, 0.29) is 11.7 Å². The normalized spacial score (nSPS) is 10.7. The molecule has 0 aliphatic heterocycles. The monoisotopic (exact) mass is 412 g/mol. The van der Waals surface area contributed by atoms with Crippen LogP contribution >= 0.6 is 11.8 Å². The minimum Gasteiger partial charge on any atom is -0.497 e. The van der Waals surface area contributed by atoms with Gasteiger partial charge in [0.05, 0.1) is 26.2 Å². The minimum atomic E-state index is -0.202. The topological polar surface area (TPSA) is 114 Å². The number of carbonyl (C=O) groups is 1. The number of methoxy groups -OCH3 is 2. The summed E-state index contributed by atoms with van der Waals surface area (Å²) in [6.45, 7) is 0. The average Bonchev–Trinajstić information content (AvgIpc) is 3.20. The Balaban J connectivity index is 1.49. The number of anilines is 2. The predicted molar refractivity (Wildman–Crippen MR) is 113 cm³/mol. The molecule has 2 aromatic carbocycles. The average molecular weight is 412 g/mol. The Morgan fingerprint density at radius 3 is 2.59 bits per heavy atom. The highest BCUT2D eigenvalue weighted by atomic mass is 32.2. The molecule has 0 atom stereocenters. The van der Waals surface area contributed by atoms with E-state index in [0.29, 0.717) is 28.3 Å². The molecule has 3 rings (SSSR count). The van der Waals surface area contributed by atoms with Crippen LogP contribution in [-0.4, -0.2) is 47.3 Å². The van der Waals surface area contributed by atoms with Crippen LogP contribution in [0.15, 0.2) is 58.8 Å². The van der Waals surface area contributed by atoms with E-state index in [2.05, 4.69) is 31.0 Å².